The molecular formula is C12H15ClN2O3. The molecule has 0 aromatic carbocycles. The minimum absolute atomic E-state index is 0. The van der Waals surface area contributed by atoms with Crippen LogP contribution in [0.2, 0.25) is 0 Å². The maximum atomic E-state index is 12.1. The number of nitrogens with zero attached hydrogens (tertiary/aromatic N) is 1. The lowest BCUT2D eigenvalue weighted by Gasteiger charge is -2.20. The van der Waals surface area contributed by atoms with Crippen molar-refractivity contribution in [2.24, 2.45) is 0 Å². The average molecular weight is 271 g/mol. The molecular weight excluding hydrogens is 256 g/mol. The largest absolute Gasteiger partial charge is 0.477 e. The molecule has 2 aliphatic rings. The van der Waals surface area contributed by atoms with Gasteiger partial charge in [-0.2, -0.15) is 0 Å². The van der Waals surface area contributed by atoms with Crippen LogP contribution in [0, 0.1) is 0 Å². The van der Waals surface area contributed by atoms with E-state index in [-0.39, 0.29) is 29.6 Å². The zero-order chi connectivity index (χ0) is 12.0. The predicted octanol–water partition coefficient (Wildman–Crippen LogP) is 0.949. The van der Waals surface area contributed by atoms with Crippen molar-refractivity contribution in [3.63, 3.8) is 0 Å². The second kappa shape index (κ2) is 4.74. The summed E-state index contributed by atoms with van der Waals surface area (Å²) >= 11 is 0. The quantitative estimate of drug-likeness (QED) is 0.839. The number of fused-ring (bicyclic) bond motifs is 1. The van der Waals surface area contributed by atoms with Gasteiger partial charge in [-0.25, -0.2) is 4.79 Å². The summed E-state index contributed by atoms with van der Waals surface area (Å²) in [7, 11) is 0. The van der Waals surface area contributed by atoms with Gasteiger partial charge in [0.2, 0.25) is 0 Å². The first-order chi connectivity index (χ1) is 8.18. The van der Waals surface area contributed by atoms with Gasteiger partial charge in [-0.05, 0) is 36.9 Å². The first kappa shape index (κ1) is 13.1. The predicted molar refractivity (Wildman–Crippen MR) is 68.6 cm³/mol. The second-order valence-electron chi connectivity index (χ2n) is 4.68. The summed E-state index contributed by atoms with van der Waals surface area (Å²) in [6.45, 7) is 1.39. The van der Waals surface area contributed by atoms with E-state index >= 15 is 0 Å². The SMILES string of the molecule is Cl.O=C(O)c1c2c(cn(C3CC3)c1=O)CNCC2. The monoisotopic (exact) mass is 270 g/mol. The third kappa shape index (κ3) is 2.04. The molecule has 0 bridgehead atoms. The van der Waals surface area contributed by atoms with Crippen molar-refractivity contribution in [3.05, 3.63) is 33.2 Å². The topological polar surface area (TPSA) is 71.3 Å². The van der Waals surface area contributed by atoms with E-state index in [1.807, 2.05) is 6.20 Å². The second-order valence-corrected chi connectivity index (χ2v) is 4.68. The average Bonchev–Trinajstić information content (AvgIpc) is 3.11. The van der Waals surface area contributed by atoms with Crippen molar-refractivity contribution in [3.8, 4) is 0 Å². The Morgan fingerprint density at radius 3 is 2.78 bits per heavy atom. The number of hydrogen-bond acceptors (Lipinski definition) is 3. The highest BCUT2D eigenvalue weighted by Crippen LogP contribution is 2.34. The summed E-state index contributed by atoms with van der Waals surface area (Å²) in [5.41, 5.74) is 1.33. The van der Waals surface area contributed by atoms with Crippen molar-refractivity contribution in [1.82, 2.24) is 9.88 Å². The Morgan fingerprint density at radius 1 is 1.44 bits per heavy atom. The van der Waals surface area contributed by atoms with E-state index in [4.69, 9.17) is 0 Å². The fraction of sp³-hybridized carbons (Fsp3) is 0.500. The molecule has 98 valence electrons. The van der Waals surface area contributed by atoms with Crippen LogP contribution in [-0.4, -0.2) is 22.2 Å². The zero-order valence-corrected chi connectivity index (χ0v) is 10.6. The molecule has 2 N–H and O–H groups in total. The van der Waals surface area contributed by atoms with Crippen molar-refractivity contribution in [2.45, 2.75) is 31.8 Å². The van der Waals surface area contributed by atoms with Gasteiger partial charge in [0.15, 0.2) is 0 Å². The molecule has 1 aromatic heterocycles. The van der Waals surface area contributed by atoms with Crippen LogP contribution in [-0.2, 0) is 13.0 Å². The van der Waals surface area contributed by atoms with Gasteiger partial charge in [-0.1, -0.05) is 0 Å². The van der Waals surface area contributed by atoms with Crippen molar-refractivity contribution in [2.75, 3.05) is 6.54 Å². The Hall–Kier alpha value is -1.33. The Morgan fingerprint density at radius 2 is 2.17 bits per heavy atom. The number of aromatic carboxylic acids is 1. The van der Waals surface area contributed by atoms with Crippen LogP contribution in [0.4, 0.5) is 0 Å². The fourth-order valence-electron chi connectivity index (χ4n) is 2.44. The molecule has 0 unspecified atom stereocenters. The van der Waals surface area contributed by atoms with E-state index in [0.29, 0.717) is 13.0 Å². The standard InChI is InChI=1S/C12H14N2O3.ClH/c15-11-10(12(16)17)9-3-4-13-5-7(9)6-14(11)8-1-2-8;/h6,8,13H,1-5H2,(H,16,17);1H. The Bertz CT molecular complexity index is 549. The summed E-state index contributed by atoms with van der Waals surface area (Å²) in [6.07, 6.45) is 4.42. The van der Waals surface area contributed by atoms with Gasteiger partial charge in [0.25, 0.3) is 5.56 Å². The van der Waals surface area contributed by atoms with E-state index in [9.17, 15) is 14.7 Å². The van der Waals surface area contributed by atoms with Gasteiger partial charge >= 0.3 is 5.97 Å². The van der Waals surface area contributed by atoms with E-state index in [0.717, 1.165) is 30.5 Å². The van der Waals surface area contributed by atoms with Crippen molar-refractivity contribution < 1.29 is 9.90 Å². The van der Waals surface area contributed by atoms with Crippen LogP contribution in [0.3, 0.4) is 0 Å². The molecule has 1 saturated carbocycles. The molecule has 6 heteroatoms. The molecule has 1 aliphatic heterocycles. The maximum Gasteiger partial charge on any atom is 0.341 e. The Labute approximate surface area is 110 Å². The van der Waals surface area contributed by atoms with Crippen LogP contribution in [0.1, 0.15) is 40.4 Å². The summed E-state index contributed by atoms with van der Waals surface area (Å²) in [5, 5.41) is 12.4. The molecule has 3 rings (SSSR count). The van der Waals surface area contributed by atoms with Crippen LogP contribution in [0.15, 0.2) is 11.0 Å². The van der Waals surface area contributed by atoms with Crippen LogP contribution in [0.25, 0.3) is 0 Å². The highest BCUT2D eigenvalue weighted by atomic mass is 35.5. The fourth-order valence-corrected chi connectivity index (χ4v) is 2.44. The Balaban J connectivity index is 0.00000120. The van der Waals surface area contributed by atoms with E-state index in [1.165, 1.54) is 0 Å². The highest BCUT2D eigenvalue weighted by molar-refractivity contribution is 5.89. The van der Waals surface area contributed by atoms with Crippen LogP contribution >= 0.6 is 12.4 Å². The number of rotatable bonds is 2. The molecule has 1 aromatic rings. The van der Waals surface area contributed by atoms with Gasteiger partial charge < -0.3 is 15.0 Å². The first-order valence-corrected chi connectivity index (χ1v) is 5.89. The lowest BCUT2D eigenvalue weighted by atomic mass is 9.98. The highest BCUT2D eigenvalue weighted by Gasteiger charge is 2.29. The van der Waals surface area contributed by atoms with Gasteiger partial charge in [-0.15, -0.1) is 12.4 Å². The number of carboxylic acids is 1. The molecule has 0 saturated heterocycles. The summed E-state index contributed by atoms with van der Waals surface area (Å²) < 4.78 is 1.61. The lowest BCUT2D eigenvalue weighted by Crippen LogP contribution is -2.34. The summed E-state index contributed by atoms with van der Waals surface area (Å²) in [5.74, 6) is -1.09. The van der Waals surface area contributed by atoms with E-state index in [2.05, 4.69) is 5.32 Å². The van der Waals surface area contributed by atoms with Crippen molar-refractivity contribution in [1.29, 1.82) is 0 Å². The van der Waals surface area contributed by atoms with Gasteiger partial charge in [-0.3, -0.25) is 4.79 Å². The smallest absolute Gasteiger partial charge is 0.341 e. The van der Waals surface area contributed by atoms with Crippen LogP contribution < -0.4 is 10.9 Å². The summed E-state index contributed by atoms with van der Waals surface area (Å²) in [6, 6.07) is 0.216. The molecule has 0 spiro atoms. The van der Waals surface area contributed by atoms with Gasteiger partial charge in [0, 0.05) is 18.8 Å². The molecule has 0 radical (unpaired) electrons. The summed E-state index contributed by atoms with van der Waals surface area (Å²) in [4.78, 5) is 23.4. The zero-order valence-electron chi connectivity index (χ0n) is 9.81. The number of carboxylic acid groups (broad SMARTS) is 1. The molecule has 5 nitrogen and oxygen atoms in total. The van der Waals surface area contributed by atoms with Gasteiger partial charge in [0.05, 0.1) is 0 Å². The van der Waals surface area contributed by atoms with Crippen LogP contribution in [0.5, 0.6) is 0 Å². The number of carbonyl (C=O) groups is 1. The molecule has 0 atom stereocenters. The van der Waals surface area contributed by atoms with E-state index < -0.39 is 5.97 Å². The molecule has 2 heterocycles. The minimum Gasteiger partial charge on any atom is -0.477 e. The Kier molecular flexibility index (Phi) is 3.45. The third-order valence-electron chi connectivity index (χ3n) is 3.45. The molecule has 1 aliphatic carbocycles. The normalized spacial score (nSPS) is 17.8. The van der Waals surface area contributed by atoms with E-state index in [1.54, 1.807) is 4.57 Å². The number of pyridine rings is 1. The molecule has 0 amide bonds. The van der Waals surface area contributed by atoms with Crippen molar-refractivity contribution >= 4 is 18.4 Å². The first-order valence-electron chi connectivity index (χ1n) is 5.89. The molecule has 18 heavy (non-hydrogen) atoms. The number of hydrogen-bond donors (Lipinski definition) is 2. The van der Waals surface area contributed by atoms with Gasteiger partial charge in [0.1, 0.15) is 5.56 Å². The number of halogens is 1. The maximum absolute atomic E-state index is 12.1. The lowest BCUT2D eigenvalue weighted by molar-refractivity contribution is 0.0692. The number of aromatic nitrogens is 1. The number of nitrogens with one attached hydrogen (secondary N) is 1. The molecule has 1 fully saturated rings. The minimum atomic E-state index is -1.09. The third-order valence-corrected chi connectivity index (χ3v) is 3.45.